The summed E-state index contributed by atoms with van der Waals surface area (Å²) in [5.74, 6) is 1.09. The molecule has 11 nitrogen and oxygen atoms in total. The number of nitriles is 1. The quantitative estimate of drug-likeness (QED) is 0.298. The number of hydrogen-bond donors (Lipinski definition) is 1. The van der Waals surface area contributed by atoms with Crippen molar-refractivity contribution in [3.8, 4) is 22.9 Å². The highest BCUT2D eigenvalue weighted by atomic mass is 32.2. The van der Waals surface area contributed by atoms with Gasteiger partial charge in [-0.3, -0.25) is 8.98 Å². The number of benzene rings is 1. The van der Waals surface area contributed by atoms with Gasteiger partial charge in [0.05, 0.1) is 48.5 Å². The Bertz CT molecular complexity index is 1690. The summed E-state index contributed by atoms with van der Waals surface area (Å²) in [7, 11) is -3.69. The highest BCUT2D eigenvalue weighted by Crippen LogP contribution is 2.32. The molecule has 0 spiro atoms. The second kappa shape index (κ2) is 11.6. The molecule has 41 heavy (non-hydrogen) atoms. The Morgan fingerprint density at radius 2 is 1.90 bits per heavy atom. The van der Waals surface area contributed by atoms with Crippen LogP contribution in [0, 0.1) is 11.3 Å². The number of fused-ring (bicyclic) bond motifs is 1. The Hall–Kier alpha value is -4.47. The van der Waals surface area contributed by atoms with E-state index < -0.39 is 15.7 Å². The monoisotopic (exact) mass is 574 g/mol. The number of aromatic nitrogens is 3. The second-order valence-corrected chi connectivity index (χ2v) is 11.6. The lowest BCUT2D eigenvalue weighted by Crippen LogP contribution is -2.58. The number of carbonyl (C=O) groups is 1. The number of hydrogen-bond acceptors (Lipinski definition) is 9. The van der Waals surface area contributed by atoms with E-state index in [2.05, 4.69) is 21.4 Å². The van der Waals surface area contributed by atoms with E-state index in [4.69, 9.17) is 13.9 Å². The first-order chi connectivity index (χ1) is 19.7. The summed E-state index contributed by atoms with van der Waals surface area (Å²) < 4.78 is 36.1. The van der Waals surface area contributed by atoms with Gasteiger partial charge in [0.2, 0.25) is 0 Å². The fourth-order valence-electron chi connectivity index (χ4n) is 4.97. The molecule has 0 bridgehead atoms. The van der Waals surface area contributed by atoms with Crippen molar-refractivity contribution in [2.75, 3.05) is 37.5 Å². The van der Waals surface area contributed by atoms with Gasteiger partial charge in [-0.15, -0.1) is 0 Å². The smallest absolute Gasteiger partial charge is 0.264 e. The summed E-state index contributed by atoms with van der Waals surface area (Å²) in [5.41, 5.74) is 2.35. The molecule has 1 aromatic carbocycles. The van der Waals surface area contributed by atoms with Crippen LogP contribution in [0.25, 0.3) is 16.6 Å². The fourth-order valence-corrected chi connectivity index (χ4v) is 5.41. The first-order valence-corrected chi connectivity index (χ1v) is 15.0. The van der Waals surface area contributed by atoms with E-state index in [-0.39, 0.29) is 12.5 Å². The summed E-state index contributed by atoms with van der Waals surface area (Å²) in [6.07, 6.45) is 6.95. The number of nitrogens with zero attached hydrogens (tertiary/aromatic N) is 5. The lowest BCUT2D eigenvalue weighted by Gasteiger charge is -2.42. The molecular weight excluding hydrogens is 544 g/mol. The SMILES string of the molecule is CCOc1cc(-c2ccc(N3CCC(COS(C)(=O)=O)(NC(=O)c4ccccc4)CC3)nc2)c2c(C#N)cnn2c1. The van der Waals surface area contributed by atoms with Crippen molar-refractivity contribution >= 4 is 27.4 Å². The highest BCUT2D eigenvalue weighted by molar-refractivity contribution is 7.85. The Balaban J connectivity index is 1.36. The average Bonchev–Trinajstić information content (AvgIpc) is 3.40. The van der Waals surface area contributed by atoms with Crippen molar-refractivity contribution in [3.63, 3.8) is 0 Å². The van der Waals surface area contributed by atoms with Crippen molar-refractivity contribution in [2.45, 2.75) is 25.3 Å². The van der Waals surface area contributed by atoms with Gasteiger partial charge in [-0.2, -0.15) is 18.8 Å². The summed E-state index contributed by atoms with van der Waals surface area (Å²) in [4.78, 5) is 19.8. The van der Waals surface area contributed by atoms with Crippen LogP contribution in [0.4, 0.5) is 5.82 Å². The van der Waals surface area contributed by atoms with Crippen molar-refractivity contribution < 1.29 is 22.1 Å². The number of rotatable bonds is 9. The third-order valence-electron chi connectivity index (χ3n) is 7.09. The minimum atomic E-state index is -3.69. The molecule has 0 saturated carbocycles. The number of nitrogens with one attached hydrogen (secondary N) is 1. The maximum atomic E-state index is 13.0. The van der Waals surface area contributed by atoms with Gasteiger partial charge < -0.3 is 15.0 Å². The molecular formula is C29H30N6O5S. The number of anilines is 1. The summed E-state index contributed by atoms with van der Waals surface area (Å²) >= 11 is 0. The standard InChI is InChI=1S/C29H30N6O5S/c1-3-39-24-15-25(27-23(16-30)18-32-35(27)19-24)22-9-10-26(31-17-22)34-13-11-29(12-14-34,20-40-41(2,37)38)33-28(36)21-7-5-4-6-8-21/h4-10,15,17-19H,3,11-14,20H2,1-2H3,(H,33,36). The zero-order valence-corrected chi connectivity index (χ0v) is 23.6. The predicted octanol–water partition coefficient (Wildman–Crippen LogP) is 3.41. The van der Waals surface area contributed by atoms with Crippen LogP contribution in [-0.2, 0) is 14.3 Å². The maximum Gasteiger partial charge on any atom is 0.264 e. The number of carbonyl (C=O) groups excluding carboxylic acids is 1. The third kappa shape index (κ3) is 6.32. The van der Waals surface area contributed by atoms with E-state index in [1.165, 1.54) is 6.20 Å². The van der Waals surface area contributed by atoms with Crippen molar-refractivity contribution in [1.29, 1.82) is 5.26 Å². The third-order valence-corrected chi connectivity index (χ3v) is 7.63. The average molecular weight is 575 g/mol. The normalized spacial score (nSPS) is 14.9. The molecule has 0 aliphatic carbocycles. The molecule has 212 valence electrons. The number of pyridine rings is 2. The van der Waals surface area contributed by atoms with Crippen LogP contribution >= 0.6 is 0 Å². The number of piperidine rings is 1. The Morgan fingerprint density at radius 1 is 1.15 bits per heavy atom. The van der Waals surface area contributed by atoms with Gasteiger partial charge in [-0.25, -0.2) is 9.50 Å². The molecule has 5 rings (SSSR count). The highest BCUT2D eigenvalue weighted by Gasteiger charge is 2.38. The molecule has 0 atom stereocenters. The Labute approximate surface area is 238 Å². The van der Waals surface area contributed by atoms with E-state index in [0.717, 1.165) is 23.2 Å². The summed E-state index contributed by atoms with van der Waals surface area (Å²) in [6, 6.07) is 16.7. The molecule has 0 radical (unpaired) electrons. The molecule has 4 heterocycles. The van der Waals surface area contributed by atoms with Gasteiger partial charge in [0.25, 0.3) is 16.0 Å². The van der Waals surface area contributed by atoms with Crippen LogP contribution < -0.4 is 15.0 Å². The largest absolute Gasteiger partial charge is 0.492 e. The van der Waals surface area contributed by atoms with Crippen LogP contribution in [0.3, 0.4) is 0 Å². The van der Waals surface area contributed by atoms with E-state index >= 15 is 0 Å². The zero-order valence-electron chi connectivity index (χ0n) is 22.8. The zero-order chi connectivity index (χ0) is 29.0. The summed E-state index contributed by atoms with van der Waals surface area (Å²) in [5, 5.41) is 16.9. The lowest BCUT2D eigenvalue weighted by molar-refractivity contribution is 0.0818. The van der Waals surface area contributed by atoms with Crippen LogP contribution in [-0.4, -0.2) is 67.0 Å². The van der Waals surface area contributed by atoms with E-state index in [9.17, 15) is 18.5 Å². The van der Waals surface area contributed by atoms with Gasteiger partial charge >= 0.3 is 0 Å². The summed E-state index contributed by atoms with van der Waals surface area (Å²) in [6.45, 7) is 3.30. The molecule has 0 unspecified atom stereocenters. The van der Waals surface area contributed by atoms with Crippen LogP contribution in [0.5, 0.6) is 5.75 Å². The van der Waals surface area contributed by atoms with E-state index in [0.29, 0.717) is 54.9 Å². The maximum absolute atomic E-state index is 13.0. The van der Waals surface area contributed by atoms with Crippen LogP contribution in [0.15, 0.2) is 67.1 Å². The first-order valence-electron chi connectivity index (χ1n) is 13.2. The Kier molecular flexibility index (Phi) is 7.92. The molecule has 1 saturated heterocycles. The number of amides is 1. The topological polar surface area (TPSA) is 139 Å². The van der Waals surface area contributed by atoms with E-state index in [1.807, 2.05) is 31.2 Å². The minimum Gasteiger partial charge on any atom is -0.492 e. The van der Waals surface area contributed by atoms with Gasteiger partial charge in [-0.1, -0.05) is 18.2 Å². The van der Waals surface area contributed by atoms with Crippen LogP contribution in [0.2, 0.25) is 0 Å². The lowest BCUT2D eigenvalue weighted by atomic mass is 9.87. The molecule has 4 aromatic rings. The van der Waals surface area contributed by atoms with Gasteiger partial charge in [0.15, 0.2) is 0 Å². The predicted molar refractivity (Wildman–Crippen MR) is 153 cm³/mol. The molecule has 1 aliphatic heterocycles. The second-order valence-electron chi connectivity index (χ2n) is 9.94. The van der Waals surface area contributed by atoms with Crippen LogP contribution in [0.1, 0.15) is 35.7 Å². The number of ether oxygens (including phenoxy) is 1. The molecule has 1 fully saturated rings. The minimum absolute atomic E-state index is 0.149. The van der Waals surface area contributed by atoms with Gasteiger partial charge in [-0.05, 0) is 50.1 Å². The molecule has 12 heteroatoms. The molecule has 1 amide bonds. The van der Waals surface area contributed by atoms with Crippen molar-refractivity contribution in [1.82, 2.24) is 19.9 Å². The Morgan fingerprint density at radius 3 is 2.54 bits per heavy atom. The first kappa shape index (κ1) is 28.1. The molecule has 1 aliphatic rings. The van der Waals surface area contributed by atoms with Crippen molar-refractivity contribution in [2.24, 2.45) is 0 Å². The van der Waals surface area contributed by atoms with E-state index in [1.54, 1.807) is 41.2 Å². The molecule has 1 N–H and O–H groups in total. The van der Waals surface area contributed by atoms with Gasteiger partial charge in [0.1, 0.15) is 17.6 Å². The van der Waals surface area contributed by atoms with Crippen molar-refractivity contribution in [3.05, 3.63) is 78.2 Å². The molecule has 3 aromatic heterocycles. The van der Waals surface area contributed by atoms with Gasteiger partial charge in [0, 0.05) is 36.0 Å². The fraction of sp³-hybridized carbons (Fsp3) is 0.310.